The molecule has 126 valence electrons. The van der Waals surface area contributed by atoms with E-state index in [0.717, 1.165) is 50.3 Å². The van der Waals surface area contributed by atoms with E-state index < -0.39 is 0 Å². The summed E-state index contributed by atoms with van der Waals surface area (Å²) >= 11 is 0. The Morgan fingerprint density at radius 1 is 1.04 bits per heavy atom. The first kappa shape index (κ1) is 15.6. The molecule has 0 spiro atoms. The first-order valence-corrected chi connectivity index (χ1v) is 8.84. The minimum Gasteiger partial charge on any atom is -0.344 e. The standard InChI is InChI=1S/C20H25N3O/c1-21-9-11-23(12-10-21)14-19(24)17-8-7-16-13-15-5-3-4-6-18(15)22(2)20(16)17/h3-6,13H,7-12,14H2,1-2H3. The minimum atomic E-state index is 0.309. The van der Waals surface area contributed by atoms with Crippen LogP contribution in [0.3, 0.4) is 0 Å². The van der Waals surface area contributed by atoms with E-state index in [-0.39, 0.29) is 0 Å². The lowest BCUT2D eigenvalue weighted by Crippen LogP contribution is -2.46. The molecule has 1 aromatic rings. The van der Waals surface area contributed by atoms with Gasteiger partial charge in [0.05, 0.1) is 12.2 Å². The molecule has 2 aliphatic heterocycles. The number of nitrogens with zero attached hydrogens (tertiary/aromatic N) is 3. The number of para-hydroxylation sites is 1. The van der Waals surface area contributed by atoms with Gasteiger partial charge < -0.3 is 9.80 Å². The number of benzene rings is 1. The van der Waals surface area contributed by atoms with Crippen LogP contribution in [0.2, 0.25) is 0 Å². The normalized spacial score (nSPS) is 21.6. The van der Waals surface area contributed by atoms with E-state index in [9.17, 15) is 4.79 Å². The zero-order valence-corrected chi connectivity index (χ0v) is 14.6. The summed E-state index contributed by atoms with van der Waals surface area (Å²) < 4.78 is 0. The van der Waals surface area contributed by atoms with E-state index in [4.69, 9.17) is 0 Å². The van der Waals surface area contributed by atoms with Crippen molar-refractivity contribution in [2.45, 2.75) is 12.8 Å². The summed E-state index contributed by atoms with van der Waals surface area (Å²) in [5.74, 6) is 0.309. The molecule has 0 unspecified atom stereocenters. The van der Waals surface area contributed by atoms with Crippen LogP contribution in [-0.2, 0) is 4.79 Å². The van der Waals surface area contributed by atoms with Crippen LogP contribution in [-0.4, -0.2) is 62.4 Å². The van der Waals surface area contributed by atoms with Crippen molar-refractivity contribution in [3.8, 4) is 0 Å². The second-order valence-electron chi connectivity index (χ2n) is 7.12. The smallest absolute Gasteiger partial charge is 0.174 e. The molecule has 0 bridgehead atoms. The summed E-state index contributed by atoms with van der Waals surface area (Å²) in [6, 6.07) is 8.43. The van der Waals surface area contributed by atoms with Gasteiger partial charge in [-0.05, 0) is 43.2 Å². The number of likely N-dealkylation sites (N-methyl/N-ethyl adjacent to an activating group) is 2. The number of allylic oxidation sites excluding steroid dienone is 1. The molecule has 4 nitrogen and oxygen atoms in total. The highest BCUT2D eigenvalue weighted by atomic mass is 16.1. The van der Waals surface area contributed by atoms with Crippen LogP contribution in [0, 0.1) is 0 Å². The van der Waals surface area contributed by atoms with Crippen LogP contribution in [0.15, 0.2) is 41.1 Å². The molecule has 0 atom stereocenters. The van der Waals surface area contributed by atoms with Crippen molar-refractivity contribution < 1.29 is 4.79 Å². The second kappa shape index (κ2) is 6.19. The van der Waals surface area contributed by atoms with Gasteiger partial charge in [-0.1, -0.05) is 18.2 Å². The van der Waals surface area contributed by atoms with Gasteiger partial charge in [-0.15, -0.1) is 0 Å². The van der Waals surface area contributed by atoms with E-state index in [1.54, 1.807) is 0 Å². The molecule has 1 saturated heterocycles. The zero-order valence-electron chi connectivity index (χ0n) is 14.6. The number of ketones is 1. The average Bonchev–Trinajstić information content (AvgIpc) is 3.01. The topological polar surface area (TPSA) is 26.8 Å². The molecule has 1 aliphatic carbocycles. The maximum atomic E-state index is 12.9. The Balaban J connectivity index is 1.58. The van der Waals surface area contributed by atoms with Crippen molar-refractivity contribution in [2.75, 3.05) is 51.7 Å². The third-order valence-electron chi connectivity index (χ3n) is 5.50. The van der Waals surface area contributed by atoms with Crippen LogP contribution in [0.5, 0.6) is 0 Å². The number of anilines is 1. The quantitative estimate of drug-likeness (QED) is 0.853. The predicted molar refractivity (Wildman–Crippen MR) is 98.0 cm³/mol. The molecule has 0 radical (unpaired) electrons. The maximum Gasteiger partial charge on any atom is 0.174 e. The Morgan fingerprint density at radius 2 is 1.79 bits per heavy atom. The van der Waals surface area contributed by atoms with Gasteiger partial charge >= 0.3 is 0 Å². The van der Waals surface area contributed by atoms with E-state index in [0.29, 0.717) is 12.3 Å². The third-order valence-corrected chi connectivity index (χ3v) is 5.50. The summed E-state index contributed by atoms with van der Waals surface area (Å²) in [6.45, 7) is 4.66. The van der Waals surface area contributed by atoms with E-state index in [2.05, 4.69) is 59.1 Å². The fraction of sp³-hybridized carbons (Fsp3) is 0.450. The molecule has 0 saturated carbocycles. The number of hydrogen-bond donors (Lipinski definition) is 0. The van der Waals surface area contributed by atoms with E-state index in [1.807, 2.05) is 0 Å². The highest BCUT2D eigenvalue weighted by molar-refractivity contribution is 6.01. The molecule has 0 aromatic heterocycles. The van der Waals surface area contributed by atoms with Crippen molar-refractivity contribution >= 4 is 17.5 Å². The molecule has 1 fully saturated rings. The van der Waals surface area contributed by atoms with Crippen LogP contribution >= 0.6 is 0 Å². The highest BCUT2D eigenvalue weighted by Crippen LogP contribution is 2.42. The fourth-order valence-corrected chi connectivity index (χ4v) is 4.05. The first-order valence-electron chi connectivity index (χ1n) is 8.84. The Hall–Kier alpha value is -1.91. The number of carbonyl (C=O) groups excluding carboxylic acids is 1. The number of Topliss-reactive ketones (excluding diaryl/α,β-unsaturated/α-hetero) is 1. The lowest BCUT2D eigenvalue weighted by molar-refractivity contribution is -0.117. The van der Waals surface area contributed by atoms with Crippen molar-refractivity contribution in [1.29, 1.82) is 0 Å². The molecule has 4 rings (SSSR count). The Kier molecular flexibility index (Phi) is 4.02. The predicted octanol–water partition coefficient (Wildman–Crippen LogP) is 2.38. The number of hydrogen-bond acceptors (Lipinski definition) is 4. The summed E-state index contributed by atoms with van der Waals surface area (Å²) in [5, 5.41) is 0. The van der Waals surface area contributed by atoms with E-state index >= 15 is 0 Å². The van der Waals surface area contributed by atoms with Gasteiger partial charge in [0.2, 0.25) is 0 Å². The lowest BCUT2D eigenvalue weighted by Gasteiger charge is -2.32. The average molecular weight is 323 g/mol. The van der Waals surface area contributed by atoms with Crippen LogP contribution in [0.1, 0.15) is 18.4 Å². The summed E-state index contributed by atoms with van der Waals surface area (Å²) in [5.41, 5.74) is 5.96. The molecular formula is C20H25N3O. The maximum absolute atomic E-state index is 12.9. The number of carbonyl (C=O) groups is 1. The largest absolute Gasteiger partial charge is 0.344 e. The summed E-state index contributed by atoms with van der Waals surface area (Å²) in [7, 11) is 4.24. The van der Waals surface area contributed by atoms with E-state index in [1.165, 1.54) is 16.8 Å². The Bertz CT molecular complexity index is 726. The summed E-state index contributed by atoms with van der Waals surface area (Å²) in [6.07, 6.45) is 4.13. The van der Waals surface area contributed by atoms with Crippen molar-refractivity contribution in [2.24, 2.45) is 0 Å². The van der Waals surface area contributed by atoms with Crippen LogP contribution < -0.4 is 4.90 Å². The molecule has 0 N–H and O–H groups in total. The lowest BCUT2D eigenvalue weighted by atomic mass is 10.00. The fourth-order valence-electron chi connectivity index (χ4n) is 4.05. The van der Waals surface area contributed by atoms with Gasteiger partial charge in [0, 0.05) is 44.5 Å². The van der Waals surface area contributed by atoms with Gasteiger partial charge in [-0.2, -0.15) is 0 Å². The SMILES string of the molecule is CN1CCN(CC(=O)C2=C3C(=Cc4ccccc4N3C)CC2)CC1. The number of piperazine rings is 1. The molecule has 1 aromatic carbocycles. The molecular weight excluding hydrogens is 298 g/mol. The minimum absolute atomic E-state index is 0.309. The van der Waals surface area contributed by atoms with Gasteiger partial charge in [-0.25, -0.2) is 0 Å². The number of fused-ring (bicyclic) bond motifs is 2. The second-order valence-corrected chi connectivity index (χ2v) is 7.12. The van der Waals surface area contributed by atoms with Crippen LogP contribution in [0.4, 0.5) is 5.69 Å². The van der Waals surface area contributed by atoms with Gasteiger partial charge in [0.1, 0.15) is 0 Å². The molecule has 0 amide bonds. The monoisotopic (exact) mass is 323 g/mol. The van der Waals surface area contributed by atoms with Gasteiger partial charge in [0.25, 0.3) is 0 Å². The highest BCUT2D eigenvalue weighted by Gasteiger charge is 2.31. The molecule has 2 heterocycles. The van der Waals surface area contributed by atoms with Gasteiger partial charge in [0.15, 0.2) is 5.78 Å². The van der Waals surface area contributed by atoms with Crippen molar-refractivity contribution in [3.63, 3.8) is 0 Å². The third kappa shape index (κ3) is 2.70. The summed E-state index contributed by atoms with van der Waals surface area (Å²) in [4.78, 5) is 19.8. The first-order chi connectivity index (χ1) is 11.6. The molecule has 24 heavy (non-hydrogen) atoms. The van der Waals surface area contributed by atoms with Crippen molar-refractivity contribution in [1.82, 2.24) is 9.80 Å². The zero-order chi connectivity index (χ0) is 16.7. The van der Waals surface area contributed by atoms with Crippen LogP contribution in [0.25, 0.3) is 6.08 Å². The van der Waals surface area contributed by atoms with Crippen molar-refractivity contribution in [3.05, 3.63) is 46.7 Å². The Labute approximate surface area is 144 Å². The Morgan fingerprint density at radius 3 is 2.58 bits per heavy atom. The molecule has 3 aliphatic rings. The number of rotatable bonds is 3. The van der Waals surface area contributed by atoms with Gasteiger partial charge in [-0.3, -0.25) is 9.69 Å². The molecule has 4 heteroatoms.